The molecule has 0 saturated carbocycles. The van der Waals surface area contributed by atoms with E-state index >= 15 is 0 Å². The smallest absolute Gasteiger partial charge is 0.0804 e. The summed E-state index contributed by atoms with van der Waals surface area (Å²) in [6.45, 7) is 9.13. The van der Waals surface area contributed by atoms with Crippen molar-refractivity contribution in [3.63, 3.8) is 0 Å². The molecule has 1 aromatic rings. The van der Waals surface area contributed by atoms with Gasteiger partial charge in [-0.2, -0.15) is 0 Å². The van der Waals surface area contributed by atoms with E-state index in [1.807, 2.05) is 18.2 Å². The summed E-state index contributed by atoms with van der Waals surface area (Å²) in [5, 5.41) is 10.3. The average Bonchev–Trinajstić information content (AvgIpc) is 2.35. The molecule has 1 aliphatic rings. The molecule has 3 nitrogen and oxygen atoms in total. The largest absolute Gasteiger partial charge is 0.388 e. The quantitative estimate of drug-likeness (QED) is 0.906. The summed E-state index contributed by atoms with van der Waals surface area (Å²) >= 11 is 0. The van der Waals surface area contributed by atoms with E-state index in [1.165, 1.54) is 5.56 Å². The molecule has 0 amide bonds. The van der Waals surface area contributed by atoms with Crippen molar-refractivity contribution in [2.24, 2.45) is 0 Å². The van der Waals surface area contributed by atoms with Gasteiger partial charge >= 0.3 is 0 Å². The number of hydrogen-bond acceptors (Lipinski definition) is 3. The standard InChI is InChI=1S/C16H25NO2/c1-12-6-4-5-7-15(12)16(18)8-9-17-10-13(2)19-14(3)11-17/h4-7,13-14,16,18H,8-11H2,1-3H3. The number of aryl methyl sites for hydroxylation is 1. The Balaban J connectivity index is 1.87. The highest BCUT2D eigenvalue weighted by Crippen LogP contribution is 2.21. The summed E-state index contributed by atoms with van der Waals surface area (Å²) in [4.78, 5) is 2.39. The van der Waals surface area contributed by atoms with Crippen molar-refractivity contribution in [1.29, 1.82) is 0 Å². The summed E-state index contributed by atoms with van der Waals surface area (Å²) in [6, 6.07) is 8.07. The Kier molecular flexibility index (Phi) is 4.97. The zero-order chi connectivity index (χ0) is 13.8. The monoisotopic (exact) mass is 263 g/mol. The molecular weight excluding hydrogens is 238 g/mol. The number of nitrogens with zero attached hydrogens (tertiary/aromatic N) is 1. The van der Waals surface area contributed by atoms with Crippen LogP contribution in [0.15, 0.2) is 24.3 Å². The van der Waals surface area contributed by atoms with Crippen LogP contribution >= 0.6 is 0 Å². The van der Waals surface area contributed by atoms with Crippen molar-refractivity contribution in [2.45, 2.75) is 45.5 Å². The topological polar surface area (TPSA) is 32.7 Å². The van der Waals surface area contributed by atoms with Gasteiger partial charge in [0.25, 0.3) is 0 Å². The lowest BCUT2D eigenvalue weighted by atomic mass is 10.0. The van der Waals surface area contributed by atoms with E-state index in [0.717, 1.165) is 31.6 Å². The fraction of sp³-hybridized carbons (Fsp3) is 0.625. The molecule has 3 atom stereocenters. The molecule has 2 rings (SSSR count). The molecule has 0 bridgehead atoms. The lowest BCUT2D eigenvalue weighted by Gasteiger charge is -2.35. The maximum atomic E-state index is 10.3. The number of morpholine rings is 1. The van der Waals surface area contributed by atoms with Crippen molar-refractivity contribution >= 4 is 0 Å². The van der Waals surface area contributed by atoms with Gasteiger partial charge in [0.2, 0.25) is 0 Å². The van der Waals surface area contributed by atoms with Crippen LogP contribution in [0.2, 0.25) is 0 Å². The molecule has 1 fully saturated rings. The number of hydrogen-bond donors (Lipinski definition) is 1. The molecular formula is C16H25NO2. The van der Waals surface area contributed by atoms with Gasteiger partial charge in [0.15, 0.2) is 0 Å². The van der Waals surface area contributed by atoms with Crippen molar-refractivity contribution in [1.82, 2.24) is 4.90 Å². The number of benzene rings is 1. The highest BCUT2D eigenvalue weighted by molar-refractivity contribution is 5.27. The van der Waals surface area contributed by atoms with Gasteiger partial charge in [0.1, 0.15) is 0 Å². The first-order chi connectivity index (χ1) is 9.06. The Labute approximate surface area is 116 Å². The lowest BCUT2D eigenvalue weighted by Crippen LogP contribution is -2.45. The minimum atomic E-state index is -0.366. The minimum absolute atomic E-state index is 0.291. The van der Waals surface area contributed by atoms with Gasteiger partial charge in [-0.25, -0.2) is 0 Å². The molecule has 0 aromatic heterocycles. The van der Waals surface area contributed by atoms with Crippen LogP contribution in [-0.2, 0) is 4.74 Å². The number of aliphatic hydroxyl groups excluding tert-OH is 1. The second-order valence-corrected chi connectivity index (χ2v) is 5.68. The highest BCUT2D eigenvalue weighted by atomic mass is 16.5. The predicted octanol–water partition coefficient (Wildman–Crippen LogP) is 2.53. The molecule has 106 valence electrons. The van der Waals surface area contributed by atoms with E-state index in [9.17, 15) is 5.11 Å². The third-order valence-electron chi connectivity index (χ3n) is 3.76. The zero-order valence-electron chi connectivity index (χ0n) is 12.2. The van der Waals surface area contributed by atoms with E-state index in [1.54, 1.807) is 0 Å². The Bertz CT molecular complexity index is 397. The second-order valence-electron chi connectivity index (χ2n) is 5.68. The first-order valence-corrected chi connectivity index (χ1v) is 7.17. The third kappa shape index (κ3) is 4.03. The third-order valence-corrected chi connectivity index (χ3v) is 3.76. The molecule has 1 heterocycles. The molecule has 1 aliphatic heterocycles. The number of rotatable bonds is 4. The van der Waals surface area contributed by atoms with Gasteiger partial charge in [-0.3, -0.25) is 4.90 Å². The van der Waals surface area contributed by atoms with Gasteiger partial charge in [-0.1, -0.05) is 24.3 Å². The van der Waals surface area contributed by atoms with Gasteiger partial charge in [0, 0.05) is 19.6 Å². The van der Waals surface area contributed by atoms with Gasteiger partial charge in [-0.05, 0) is 38.3 Å². The average molecular weight is 263 g/mol. The van der Waals surface area contributed by atoms with Gasteiger partial charge in [-0.15, -0.1) is 0 Å². The Hall–Kier alpha value is -0.900. The summed E-state index contributed by atoms with van der Waals surface area (Å²) in [7, 11) is 0. The number of ether oxygens (including phenoxy) is 1. The van der Waals surface area contributed by atoms with Gasteiger partial charge < -0.3 is 9.84 Å². The molecule has 19 heavy (non-hydrogen) atoms. The first kappa shape index (κ1) is 14.5. The number of aliphatic hydroxyl groups is 1. The minimum Gasteiger partial charge on any atom is -0.388 e. The van der Waals surface area contributed by atoms with Crippen LogP contribution < -0.4 is 0 Å². The molecule has 3 unspecified atom stereocenters. The molecule has 3 heteroatoms. The van der Waals surface area contributed by atoms with E-state index in [-0.39, 0.29) is 6.10 Å². The normalized spacial score (nSPS) is 26.3. The summed E-state index contributed by atoms with van der Waals surface area (Å²) in [5.74, 6) is 0. The van der Waals surface area contributed by atoms with Crippen molar-refractivity contribution in [3.05, 3.63) is 35.4 Å². The predicted molar refractivity (Wildman–Crippen MR) is 77.2 cm³/mol. The fourth-order valence-electron chi connectivity index (χ4n) is 2.89. The fourth-order valence-corrected chi connectivity index (χ4v) is 2.89. The lowest BCUT2D eigenvalue weighted by molar-refractivity contribution is -0.0703. The van der Waals surface area contributed by atoms with Crippen molar-refractivity contribution in [3.8, 4) is 0 Å². The molecule has 0 spiro atoms. The zero-order valence-corrected chi connectivity index (χ0v) is 12.2. The van der Waals surface area contributed by atoms with Crippen LogP contribution in [0.1, 0.15) is 37.5 Å². The molecule has 0 aliphatic carbocycles. The van der Waals surface area contributed by atoms with E-state index in [4.69, 9.17) is 4.74 Å². The first-order valence-electron chi connectivity index (χ1n) is 7.17. The van der Waals surface area contributed by atoms with Crippen LogP contribution in [0, 0.1) is 6.92 Å². The Morgan fingerprint density at radius 1 is 1.26 bits per heavy atom. The summed E-state index contributed by atoms with van der Waals surface area (Å²) < 4.78 is 5.72. The second kappa shape index (κ2) is 6.51. The molecule has 1 saturated heterocycles. The van der Waals surface area contributed by atoms with Crippen molar-refractivity contribution in [2.75, 3.05) is 19.6 Å². The van der Waals surface area contributed by atoms with Crippen molar-refractivity contribution < 1.29 is 9.84 Å². The van der Waals surface area contributed by atoms with Crippen LogP contribution in [0.4, 0.5) is 0 Å². The molecule has 1 N–H and O–H groups in total. The maximum Gasteiger partial charge on any atom is 0.0804 e. The van der Waals surface area contributed by atoms with Crippen LogP contribution in [0.25, 0.3) is 0 Å². The Morgan fingerprint density at radius 3 is 2.53 bits per heavy atom. The van der Waals surface area contributed by atoms with Gasteiger partial charge in [0.05, 0.1) is 18.3 Å². The maximum absolute atomic E-state index is 10.3. The summed E-state index contributed by atoms with van der Waals surface area (Å²) in [6.07, 6.45) is 0.998. The summed E-state index contributed by atoms with van der Waals surface area (Å²) in [5.41, 5.74) is 2.22. The van der Waals surface area contributed by atoms with E-state index in [0.29, 0.717) is 12.2 Å². The van der Waals surface area contributed by atoms with Crippen LogP contribution in [0.3, 0.4) is 0 Å². The van der Waals surface area contributed by atoms with Crippen LogP contribution in [0.5, 0.6) is 0 Å². The highest BCUT2D eigenvalue weighted by Gasteiger charge is 2.22. The van der Waals surface area contributed by atoms with E-state index in [2.05, 4.69) is 31.7 Å². The molecule has 0 radical (unpaired) electrons. The molecule has 1 aromatic carbocycles. The van der Waals surface area contributed by atoms with Crippen LogP contribution in [-0.4, -0.2) is 41.8 Å². The SMILES string of the molecule is Cc1ccccc1C(O)CCN1CC(C)OC(C)C1. The Morgan fingerprint density at radius 2 is 1.89 bits per heavy atom. The van der Waals surface area contributed by atoms with E-state index < -0.39 is 0 Å².